The van der Waals surface area contributed by atoms with Crippen molar-refractivity contribution in [3.05, 3.63) is 95.2 Å². The van der Waals surface area contributed by atoms with Gasteiger partial charge in [-0.2, -0.15) is 0 Å². The molecule has 3 aromatic carbocycles. The number of ether oxygens (including phenoxy) is 2. The molecule has 0 spiro atoms. The van der Waals surface area contributed by atoms with Crippen LogP contribution in [0.15, 0.2) is 78.5 Å². The molecule has 1 heterocycles. The van der Waals surface area contributed by atoms with E-state index >= 15 is 0 Å². The Labute approximate surface area is 193 Å². The van der Waals surface area contributed by atoms with E-state index in [4.69, 9.17) is 9.47 Å². The summed E-state index contributed by atoms with van der Waals surface area (Å²) in [5.74, 6) is 0.468. The number of methoxy groups -OCH3 is 2. The minimum absolute atomic E-state index is 0.236. The van der Waals surface area contributed by atoms with Gasteiger partial charge in [0.1, 0.15) is 17.2 Å². The first-order valence-corrected chi connectivity index (χ1v) is 10.7. The summed E-state index contributed by atoms with van der Waals surface area (Å²) in [6, 6.07) is 22.7. The van der Waals surface area contributed by atoms with Crippen LogP contribution in [0, 0.1) is 6.92 Å². The van der Waals surface area contributed by atoms with Crippen LogP contribution in [0.4, 0.5) is 5.69 Å². The lowest BCUT2D eigenvalue weighted by Gasteiger charge is -2.16. The van der Waals surface area contributed by atoms with Crippen molar-refractivity contribution in [2.75, 3.05) is 26.1 Å². The summed E-state index contributed by atoms with van der Waals surface area (Å²) in [5.41, 5.74) is 3.99. The smallest absolute Gasteiger partial charge is 0.278 e. The van der Waals surface area contributed by atoms with Gasteiger partial charge in [0, 0.05) is 12.6 Å². The summed E-state index contributed by atoms with van der Waals surface area (Å²) < 4.78 is 10.7. The highest BCUT2D eigenvalue weighted by atomic mass is 16.5. The molecule has 3 aromatic rings. The number of carbonyl (C=O) groups is 2. The van der Waals surface area contributed by atoms with Crippen LogP contribution in [0.5, 0.6) is 11.5 Å². The molecule has 0 bridgehead atoms. The Balaban J connectivity index is 1.70. The Morgan fingerprint density at radius 1 is 0.848 bits per heavy atom. The number of benzene rings is 3. The Morgan fingerprint density at radius 3 is 2.24 bits per heavy atom. The zero-order valence-corrected chi connectivity index (χ0v) is 18.9. The topological polar surface area (TPSA) is 67.9 Å². The Kier molecular flexibility index (Phi) is 6.45. The zero-order valence-electron chi connectivity index (χ0n) is 18.9. The molecule has 1 aliphatic rings. The lowest BCUT2D eigenvalue weighted by atomic mass is 10.0. The lowest BCUT2D eigenvalue weighted by Crippen LogP contribution is -2.34. The van der Waals surface area contributed by atoms with Crippen molar-refractivity contribution in [3.63, 3.8) is 0 Å². The van der Waals surface area contributed by atoms with Gasteiger partial charge in [-0.3, -0.25) is 14.5 Å². The molecule has 6 heteroatoms. The number of hydrogen-bond donors (Lipinski definition) is 1. The quantitative estimate of drug-likeness (QED) is 0.522. The van der Waals surface area contributed by atoms with Gasteiger partial charge < -0.3 is 14.8 Å². The summed E-state index contributed by atoms with van der Waals surface area (Å²) >= 11 is 0. The Morgan fingerprint density at radius 2 is 1.58 bits per heavy atom. The van der Waals surface area contributed by atoms with Crippen molar-refractivity contribution in [1.29, 1.82) is 0 Å². The molecular formula is C27H26N2O4. The molecule has 6 nitrogen and oxygen atoms in total. The van der Waals surface area contributed by atoms with E-state index in [2.05, 4.69) is 5.32 Å². The SMILES string of the molecule is COc1ccc(NC2=C(c3ccc(C)cc3)C(=O)N(CCc3ccccc3)C2=O)c(OC)c1. The summed E-state index contributed by atoms with van der Waals surface area (Å²) in [7, 11) is 3.12. The van der Waals surface area contributed by atoms with Crippen molar-refractivity contribution >= 4 is 23.1 Å². The number of aryl methyl sites for hydroxylation is 1. The number of hydrogen-bond acceptors (Lipinski definition) is 5. The Hall–Kier alpha value is -4.06. The average molecular weight is 443 g/mol. The van der Waals surface area contributed by atoms with E-state index in [9.17, 15) is 9.59 Å². The molecule has 168 valence electrons. The van der Waals surface area contributed by atoms with Crippen LogP contribution in [0.25, 0.3) is 5.57 Å². The average Bonchev–Trinajstić information content (AvgIpc) is 3.08. The van der Waals surface area contributed by atoms with E-state index in [1.807, 2.05) is 61.5 Å². The second kappa shape index (κ2) is 9.61. The van der Waals surface area contributed by atoms with Gasteiger partial charge in [0.15, 0.2) is 0 Å². The minimum atomic E-state index is -0.357. The highest BCUT2D eigenvalue weighted by molar-refractivity contribution is 6.36. The largest absolute Gasteiger partial charge is 0.497 e. The fourth-order valence-electron chi connectivity index (χ4n) is 3.81. The van der Waals surface area contributed by atoms with Crippen LogP contribution in [-0.4, -0.2) is 37.5 Å². The maximum atomic E-state index is 13.4. The molecule has 33 heavy (non-hydrogen) atoms. The van der Waals surface area contributed by atoms with Gasteiger partial charge in [-0.15, -0.1) is 0 Å². The first-order chi connectivity index (χ1) is 16.0. The molecule has 0 fully saturated rings. The number of carbonyl (C=O) groups excluding carboxylic acids is 2. The lowest BCUT2D eigenvalue weighted by molar-refractivity contribution is -0.136. The third kappa shape index (κ3) is 4.60. The number of nitrogens with zero attached hydrogens (tertiary/aromatic N) is 1. The highest BCUT2D eigenvalue weighted by Gasteiger charge is 2.39. The second-order valence-electron chi connectivity index (χ2n) is 7.80. The van der Waals surface area contributed by atoms with Crippen molar-refractivity contribution in [3.8, 4) is 11.5 Å². The van der Waals surface area contributed by atoms with Gasteiger partial charge in [-0.1, -0.05) is 60.2 Å². The van der Waals surface area contributed by atoms with Crippen LogP contribution in [-0.2, 0) is 16.0 Å². The van der Waals surface area contributed by atoms with Crippen molar-refractivity contribution in [2.24, 2.45) is 0 Å². The molecule has 0 saturated heterocycles. The molecule has 2 amide bonds. The molecular weight excluding hydrogens is 416 g/mol. The fraction of sp³-hybridized carbons (Fsp3) is 0.185. The molecule has 0 saturated carbocycles. The second-order valence-corrected chi connectivity index (χ2v) is 7.80. The summed E-state index contributed by atoms with van der Waals surface area (Å²) in [6.45, 7) is 2.27. The van der Waals surface area contributed by atoms with Crippen LogP contribution in [0.3, 0.4) is 0 Å². The van der Waals surface area contributed by atoms with Gasteiger partial charge in [0.2, 0.25) is 0 Å². The van der Waals surface area contributed by atoms with Crippen molar-refractivity contribution in [1.82, 2.24) is 4.90 Å². The van der Waals surface area contributed by atoms with Gasteiger partial charge >= 0.3 is 0 Å². The first kappa shape index (κ1) is 22.1. The van der Waals surface area contributed by atoms with Crippen molar-refractivity contribution in [2.45, 2.75) is 13.3 Å². The van der Waals surface area contributed by atoms with E-state index in [1.165, 1.54) is 4.90 Å². The molecule has 0 atom stereocenters. The number of anilines is 1. The Bertz CT molecular complexity index is 1200. The first-order valence-electron chi connectivity index (χ1n) is 10.7. The van der Waals surface area contributed by atoms with Crippen LogP contribution < -0.4 is 14.8 Å². The molecule has 4 rings (SSSR count). The molecule has 0 radical (unpaired) electrons. The number of rotatable bonds is 8. The minimum Gasteiger partial charge on any atom is -0.497 e. The standard InChI is InChI=1S/C27H26N2O4/c1-18-9-11-20(12-10-18)24-25(28-22-14-13-21(32-2)17-23(22)33-3)27(31)29(26(24)30)16-15-19-7-5-4-6-8-19/h4-14,17,28H,15-16H2,1-3H3. The van der Waals surface area contributed by atoms with E-state index < -0.39 is 0 Å². The van der Waals surface area contributed by atoms with Crippen LogP contribution >= 0.6 is 0 Å². The maximum absolute atomic E-state index is 13.4. The number of nitrogens with one attached hydrogen (secondary N) is 1. The van der Waals surface area contributed by atoms with Gasteiger partial charge in [-0.25, -0.2) is 0 Å². The van der Waals surface area contributed by atoms with Gasteiger partial charge in [0.25, 0.3) is 11.8 Å². The summed E-state index contributed by atoms with van der Waals surface area (Å²) in [5, 5.41) is 3.17. The zero-order chi connectivity index (χ0) is 23.4. The molecule has 1 N–H and O–H groups in total. The molecule has 0 aliphatic carbocycles. The number of amides is 2. The highest BCUT2D eigenvalue weighted by Crippen LogP contribution is 2.35. The maximum Gasteiger partial charge on any atom is 0.278 e. The summed E-state index contributed by atoms with van der Waals surface area (Å²) in [4.78, 5) is 28.2. The van der Waals surface area contributed by atoms with Gasteiger partial charge in [-0.05, 0) is 36.6 Å². The monoisotopic (exact) mass is 442 g/mol. The van der Waals surface area contributed by atoms with E-state index in [0.29, 0.717) is 41.3 Å². The molecule has 0 aromatic heterocycles. The van der Waals surface area contributed by atoms with E-state index in [-0.39, 0.29) is 17.5 Å². The van der Waals surface area contributed by atoms with Crippen molar-refractivity contribution < 1.29 is 19.1 Å². The molecule has 1 aliphatic heterocycles. The van der Waals surface area contributed by atoms with Crippen LogP contribution in [0.1, 0.15) is 16.7 Å². The third-order valence-corrected chi connectivity index (χ3v) is 5.64. The van der Waals surface area contributed by atoms with E-state index in [0.717, 1.165) is 11.1 Å². The van der Waals surface area contributed by atoms with Gasteiger partial charge in [0.05, 0.1) is 25.5 Å². The third-order valence-electron chi connectivity index (χ3n) is 5.64. The van der Waals surface area contributed by atoms with E-state index in [1.54, 1.807) is 32.4 Å². The number of imide groups is 1. The van der Waals surface area contributed by atoms with Crippen LogP contribution in [0.2, 0.25) is 0 Å². The summed E-state index contributed by atoms with van der Waals surface area (Å²) in [6.07, 6.45) is 0.582. The fourth-order valence-corrected chi connectivity index (χ4v) is 3.81. The molecule has 0 unspecified atom stereocenters. The predicted octanol–water partition coefficient (Wildman–Crippen LogP) is 4.45. The predicted molar refractivity (Wildman–Crippen MR) is 128 cm³/mol. The normalized spacial score (nSPS) is 13.5.